The molecule has 5 heteroatoms. The number of rotatable bonds is 4. The summed E-state index contributed by atoms with van der Waals surface area (Å²) < 4.78 is 0. The van der Waals surface area contributed by atoms with Gasteiger partial charge < -0.3 is 4.90 Å². The van der Waals surface area contributed by atoms with Gasteiger partial charge in [0.2, 0.25) is 5.28 Å². The van der Waals surface area contributed by atoms with E-state index < -0.39 is 0 Å². The Hall–Kier alpha value is -0.870. The molecule has 3 nitrogen and oxygen atoms in total. The van der Waals surface area contributed by atoms with Crippen molar-refractivity contribution >= 4 is 39.0 Å². The highest BCUT2D eigenvalue weighted by Gasteiger charge is 2.24. The van der Waals surface area contributed by atoms with E-state index >= 15 is 0 Å². The maximum absolute atomic E-state index is 6.15. The van der Waals surface area contributed by atoms with E-state index in [-0.39, 0.29) is 0 Å². The Bertz CT molecular complexity index is 652. The first kappa shape index (κ1) is 15.0. The van der Waals surface area contributed by atoms with E-state index in [0.29, 0.717) is 5.28 Å². The minimum absolute atomic E-state index is 0.368. The quantitative estimate of drug-likeness (QED) is 0.763. The summed E-state index contributed by atoms with van der Waals surface area (Å²) in [6.07, 6.45) is 5.94. The van der Waals surface area contributed by atoms with Crippen molar-refractivity contribution in [1.82, 2.24) is 9.97 Å². The molecule has 0 saturated carbocycles. The zero-order valence-corrected chi connectivity index (χ0v) is 14.5. The summed E-state index contributed by atoms with van der Waals surface area (Å²) in [5, 5.41) is 1.62. The summed E-state index contributed by atoms with van der Waals surface area (Å²) in [6, 6.07) is 0. The fourth-order valence-corrected chi connectivity index (χ4v) is 4.67. The van der Waals surface area contributed by atoms with Crippen molar-refractivity contribution in [2.45, 2.75) is 46.0 Å². The predicted molar refractivity (Wildman–Crippen MR) is 91.8 cm³/mol. The highest BCUT2D eigenvalue weighted by atomic mass is 35.5. The molecule has 114 valence electrons. The third-order valence-corrected chi connectivity index (χ3v) is 5.63. The number of fused-ring (bicyclic) bond motifs is 3. The number of hydrogen-bond acceptors (Lipinski definition) is 4. The van der Waals surface area contributed by atoms with Crippen molar-refractivity contribution in [1.29, 1.82) is 0 Å². The zero-order valence-electron chi connectivity index (χ0n) is 12.9. The Labute approximate surface area is 135 Å². The third-order valence-electron chi connectivity index (χ3n) is 4.32. The van der Waals surface area contributed by atoms with Crippen LogP contribution in [0.1, 0.15) is 43.6 Å². The molecule has 2 aromatic heterocycles. The van der Waals surface area contributed by atoms with Crippen molar-refractivity contribution in [3.63, 3.8) is 0 Å². The first-order chi connectivity index (χ1) is 10.1. The van der Waals surface area contributed by atoms with Crippen molar-refractivity contribution in [2.24, 2.45) is 5.92 Å². The highest BCUT2D eigenvalue weighted by Crippen LogP contribution is 2.41. The normalized spacial score (nSPS) is 18.0. The topological polar surface area (TPSA) is 29.0 Å². The van der Waals surface area contributed by atoms with Gasteiger partial charge in [-0.25, -0.2) is 4.98 Å². The van der Waals surface area contributed by atoms with Gasteiger partial charge in [-0.2, -0.15) is 4.98 Å². The smallest absolute Gasteiger partial charge is 0.225 e. The van der Waals surface area contributed by atoms with E-state index in [1.807, 2.05) is 11.3 Å². The number of thiophene rings is 1. The van der Waals surface area contributed by atoms with Crippen molar-refractivity contribution in [2.75, 3.05) is 18.5 Å². The number of aromatic nitrogens is 2. The fraction of sp³-hybridized carbons (Fsp3) is 0.625. The minimum atomic E-state index is 0.368. The SMILES string of the molecule is CCCCN(C)c1nc(Cl)nc2sc3c(c12)CCC(C)C3. The highest BCUT2D eigenvalue weighted by molar-refractivity contribution is 7.19. The van der Waals surface area contributed by atoms with Crippen LogP contribution < -0.4 is 4.90 Å². The molecule has 2 aromatic rings. The standard InChI is InChI=1S/C16H22ClN3S/c1-4-5-8-20(3)14-13-11-7-6-10(2)9-12(11)21-15(13)19-16(17)18-14/h10H,4-9H2,1-3H3. The summed E-state index contributed by atoms with van der Waals surface area (Å²) in [7, 11) is 2.11. The Balaban J connectivity index is 2.10. The summed E-state index contributed by atoms with van der Waals surface area (Å²) in [5.74, 6) is 1.79. The second-order valence-corrected chi connectivity index (χ2v) is 7.54. The summed E-state index contributed by atoms with van der Waals surface area (Å²) in [6.45, 7) is 5.56. The Morgan fingerprint density at radius 2 is 2.19 bits per heavy atom. The molecule has 0 spiro atoms. The molecule has 1 aliphatic rings. The number of halogens is 1. The third kappa shape index (κ3) is 2.88. The number of unbranched alkanes of at least 4 members (excludes halogenated alkanes) is 1. The second kappa shape index (κ2) is 6.09. The van der Waals surface area contributed by atoms with Crippen LogP contribution >= 0.6 is 22.9 Å². The lowest BCUT2D eigenvalue weighted by Crippen LogP contribution is -2.20. The van der Waals surface area contributed by atoms with E-state index in [1.165, 1.54) is 41.5 Å². The average molecular weight is 324 g/mol. The van der Waals surface area contributed by atoms with Gasteiger partial charge in [-0.1, -0.05) is 20.3 Å². The van der Waals surface area contributed by atoms with Gasteiger partial charge in [0.1, 0.15) is 10.6 Å². The van der Waals surface area contributed by atoms with Crippen LogP contribution in [-0.4, -0.2) is 23.6 Å². The van der Waals surface area contributed by atoms with Crippen molar-refractivity contribution < 1.29 is 0 Å². The molecule has 0 fully saturated rings. The van der Waals surface area contributed by atoms with Crippen LogP contribution in [0.15, 0.2) is 0 Å². The zero-order chi connectivity index (χ0) is 15.0. The molecule has 2 heterocycles. The number of anilines is 1. The largest absolute Gasteiger partial charge is 0.359 e. The van der Waals surface area contributed by atoms with Gasteiger partial charge in [0.15, 0.2) is 0 Å². The number of aryl methyl sites for hydroxylation is 1. The molecule has 0 bridgehead atoms. The monoisotopic (exact) mass is 323 g/mol. The van der Waals surface area contributed by atoms with Crippen LogP contribution in [-0.2, 0) is 12.8 Å². The minimum Gasteiger partial charge on any atom is -0.359 e. The van der Waals surface area contributed by atoms with E-state index in [9.17, 15) is 0 Å². The maximum Gasteiger partial charge on any atom is 0.225 e. The molecule has 1 unspecified atom stereocenters. The predicted octanol–water partition coefficient (Wildman–Crippen LogP) is 4.71. The Morgan fingerprint density at radius 3 is 2.95 bits per heavy atom. The van der Waals surface area contributed by atoms with Crippen LogP contribution in [0.25, 0.3) is 10.2 Å². The van der Waals surface area contributed by atoms with Gasteiger partial charge in [-0.3, -0.25) is 0 Å². The molecule has 0 aliphatic heterocycles. The van der Waals surface area contributed by atoms with Gasteiger partial charge in [0, 0.05) is 18.5 Å². The molecule has 3 rings (SSSR count). The van der Waals surface area contributed by atoms with E-state index in [0.717, 1.165) is 29.5 Å². The Morgan fingerprint density at radius 1 is 1.38 bits per heavy atom. The van der Waals surface area contributed by atoms with Gasteiger partial charge in [0.05, 0.1) is 5.39 Å². The summed E-state index contributed by atoms with van der Waals surface area (Å²) >= 11 is 7.96. The van der Waals surface area contributed by atoms with Crippen LogP contribution in [0.3, 0.4) is 0 Å². The molecule has 1 aliphatic carbocycles. The molecule has 1 atom stereocenters. The number of hydrogen-bond donors (Lipinski definition) is 0. The van der Waals surface area contributed by atoms with Crippen LogP contribution in [0, 0.1) is 5.92 Å². The van der Waals surface area contributed by atoms with E-state index in [4.69, 9.17) is 11.6 Å². The molecule has 0 N–H and O–H groups in total. The second-order valence-electron chi connectivity index (χ2n) is 6.12. The molecular formula is C16H22ClN3S. The summed E-state index contributed by atoms with van der Waals surface area (Å²) in [4.78, 5) is 13.8. The molecule has 0 aromatic carbocycles. The maximum atomic E-state index is 6.15. The van der Waals surface area contributed by atoms with Gasteiger partial charge >= 0.3 is 0 Å². The lowest BCUT2D eigenvalue weighted by molar-refractivity contribution is 0.509. The summed E-state index contributed by atoms with van der Waals surface area (Å²) in [5.41, 5.74) is 1.48. The van der Waals surface area contributed by atoms with Crippen LogP contribution in [0.2, 0.25) is 5.28 Å². The average Bonchev–Trinajstić information content (AvgIpc) is 2.80. The van der Waals surface area contributed by atoms with E-state index in [1.54, 1.807) is 0 Å². The molecular weight excluding hydrogens is 302 g/mol. The van der Waals surface area contributed by atoms with Crippen LogP contribution in [0.5, 0.6) is 0 Å². The number of nitrogens with zero attached hydrogens (tertiary/aromatic N) is 3. The van der Waals surface area contributed by atoms with Crippen molar-refractivity contribution in [3.05, 3.63) is 15.7 Å². The molecule has 0 radical (unpaired) electrons. The van der Waals surface area contributed by atoms with Gasteiger partial charge in [-0.05, 0) is 48.8 Å². The molecule has 21 heavy (non-hydrogen) atoms. The molecule has 0 amide bonds. The van der Waals surface area contributed by atoms with Gasteiger partial charge in [-0.15, -0.1) is 11.3 Å². The Kier molecular flexibility index (Phi) is 4.36. The van der Waals surface area contributed by atoms with Crippen LogP contribution in [0.4, 0.5) is 5.82 Å². The first-order valence-electron chi connectivity index (χ1n) is 7.79. The lowest BCUT2D eigenvalue weighted by atomic mass is 9.89. The molecule has 0 saturated heterocycles. The van der Waals surface area contributed by atoms with Crippen molar-refractivity contribution in [3.8, 4) is 0 Å². The first-order valence-corrected chi connectivity index (χ1v) is 8.98. The lowest BCUT2D eigenvalue weighted by Gasteiger charge is -2.21. The van der Waals surface area contributed by atoms with E-state index in [2.05, 4.69) is 35.8 Å². The fourth-order valence-electron chi connectivity index (χ4n) is 3.08. The van der Waals surface area contributed by atoms with Gasteiger partial charge in [0.25, 0.3) is 0 Å².